The lowest BCUT2D eigenvalue weighted by atomic mass is 9.88. The highest BCUT2D eigenvalue weighted by molar-refractivity contribution is 5.96. The quantitative estimate of drug-likeness (QED) is 0.693. The summed E-state index contributed by atoms with van der Waals surface area (Å²) in [7, 11) is 1.81. The Hall–Kier alpha value is -2.50. The normalized spacial score (nSPS) is 15.3. The minimum Gasteiger partial charge on any atom is -0.369 e. The first-order valence-electron chi connectivity index (χ1n) is 9.62. The fraction of sp³-hybridized carbons (Fsp3) is 0.409. The minimum absolute atomic E-state index is 0.129. The number of nitrogens with one attached hydrogen (secondary N) is 1. The van der Waals surface area contributed by atoms with Gasteiger partial charge in [0, 0.05) is 19.5 Å². The second-order valence-electron chi connectivity index (χ2n) is 7.40. The van der Waals surface area contributed by atoms with Gasteiger partial charge in [-0.15, -0.1) is 0 Å². The van der Waals surface area contributed by atoms with Gasteiger partial charge < -0.3 is 10.2 Å². The summed E-state index contributed by atoms with van der Waals surface area (Å²) >= 11 is 0. The molecule has 1 amide bonds. The van der Waals surface area contributed by atoms with Crippen LogP contribution in [0.5, 0.6) is 0 Å². The third kappa shape index (κ3) is 5.06. The Morgan fingerprint density at radius 3 is 2.39 bits per heavy atom. The number of carbonyl (C=O) groups excluding carboxylic acids is 1. The van der Waals surface area contributed by atoms with Gasteiger partial charge in [-0.3, -0.25) is 4.79 Å². The largest absolute Gasteiger partial charge is 0.416 e. The molecule has 0 aromatic heterocycles. The SMILES string of the molecule is CN(Cc1ccccc1)c1ccc(C(F)(F)F)cc1NC(=O)C1CCCCC1. The van der Waals surface area contributed by atoms with E-state index in [0.29, 0.717) is 12.2 Å². The average molecular weight is 390 g/mol. The topological polar surface area (TPSA) is 32.3 Å². The highest BCUT2D eigenvalue weighted by atomic mass is 19.4. The molecule has 1 fully saturated rings. The van der Waals surface area contributed by atoms with Crippen molar-refractivity contribution in [3.05, 3.63) is 59.7 Å². The predicted molar refractivity (Wildman–Crippen MR) is 105 cm³/mol. The van der Waals surface area contributed by atoms with Gasteiger partial charge >= 0.3 is 6.18 Å². The molecule has 1 aliphatic rings. The van der Waals surface area contributed by atoms with Crippen molar-refractivity contribution in [2.75, 3.05) is 17.3 Å². The Morgan fingerprint density at radius 2 is 1.75 bits per heavy atom. The van der Waals surface area contributed by atoms with Crippen LogP contribution in [0.1, 0.15) is 43.2 Å². The lowest BCUT2D eigenvalue weighted by Crippen LogP contribution is -2.26. The number of hydrogen-bond acceptors (Lipinski definition) is 2. The molecule has 1 aliphatic carbocycles. The van der Waals surface area contributed by atoms with Crippen LogP contribution in [0.2, 0.25) is 0 Å². The fourth-order valence-corrected chi connectivity index (χ4v) is 3.69. The van der Waals surface area contributed by atoms with Gasteiger partial charge in [0.25, 0.3) is 0 Å². The van der Waals surface area contributed by atoms with E-state index in [1.807, 2.05) is 42.3 Å². The lowest BCUT2D eigenvalue weighted by molar-refractivity contribution is -0.137. The van der Waals surface area contributed by atoms with Crippen LogP contribution in [-0.2, 0) is 17.5 Å². The van der Waals surface area contributed by atoms with Gasteiger partial charge in [-0.25, -0.2) is 0 Å². The first-order chi connectivity index (χ1) is 13.3. The van der Waals surface area contributed by atoms with Crippen molar-refractivity contribution < 1.29 is 18.0 Å². The maximum Gasteiger partial charge on any atom is 0.416 e. The number of hydrogen-bond donors (Lipinski definition) is 1. The summed E-state index contributed by atoms with van der Waals surface area (Å²) in [6.45, 7) is 0.526. The molecule has 28 heavy (non-hydrogen) atoms. The Bertz CT molecular complexity index is 799. The van der Waals surface area contributed by atoms with Crippen LogP contribution < -0.4 is 10.2 Å². The second kappa shape index (κ2) is 8.67. The van der Waals surface area contributed by atoms with Crippen LogP contribution >= 0.6 is 0 Å². The molecule has 0 bridgehead atoms. The summed E-state index contributed by atoms with van der Waals surface area (Å²) < 4.78 is 39.6. The van der Waals surface area contributed by atoms with Crippen LogP contribution in [-0.4, -0.2) is 13.0 Å². The summed E-state index contributed by atoms with van der Waals surface area (Å²) in [6, 6.07) is 13.2. The van der Waals surface area contributed by atoms with E-state index >= 15 is 0 Å². The van der Waals surface area contributed by atoms with Crippen molar-refractivity contribution in [2.24, 2.45) is 5.92 Å². The van der Waals surface area contributed by atoms with Crippen LogP contribution in [0.3, 0.4) is 0 Å². The van der Waals surface area contributed by atoms with Crippen molar-refractivity contribution in [1.29, 1.82) is 0 Å². The molecule has 3 rings (SSSR count). The molecule has 150 valence electrons. The molecule has 2 aromatic rings. The molecule has 6 heteroatoms. The minimum atomic E-state index is -4.46. The smallest absolute Gasteiger partial charge is 0.369 e. The van der Waals surface area contributed by atoms with E-state index in [4.69, 9.17) is 0 Å². The number of halogens is 3. The van der Waals surface area contributed by atoms with Crippen LogP contribution in [0.25, 0.3) is 0 Å². The molecule has 0 aliphatic heterocycles. The van der Waals surface area contributed by atoms with E-state index in [0.717, 1.165) is 49.8 Å². The molecule has 1 saturated carbocycles. The Morgan fingerprint density at radius 1 is 1.07 bits per heavy atom. The van der Waals surface area contributed by atoms with Crippen LogP contribution in [0, 0.1) is 5.92 Å². The lowest BCUT2D eigenvalue weighted by Gasteiger charge is -2.26. The number of anilines is 2. The maximum absolute atomic E-state index is 13.2. The molecule has 0 saturated heterocycles. The monoisotopic (exact) mass is 390 g/mol. The third-order valence-corrected chi connectivity index (χ3v) is 5.23. The first kappa shape index (κ1) is 20.2. The maximum atomic E-state index is 13.2. The van der Waals surface area contributed by atoms with Crippen LogP contribution in [0.4, 0.5) is 24.5 Å². The van der Waals surface area contributed by atoms with Gasteiger partial charge in [-0.2, -0.15) is 13.2 Å². The van der Waals surface area contributed by atoms with Gasteiger partial charge in [0.2, 0.25) is 5.91 Å². The highest BCUT2D eigenvalue weighted by Crippen LogP contribution is 2.36. The predicted octanol–water partition coefficient (Wildman–Crippen LogP) is 5.86. The van der Waals surface area contributed by atoms with Crippen molar-refractivity contribution in [3.8, 4) is 0 Å². The summed E-state index contributed by atoms with van der Waals surface area (Å²) in [5, 5.41) is 2.78. The summed E-state index contributed by atoms with van der Waals surface area (Å²) in [4.78, 5) is 14.5. The molecule has 0 atom stereocenters. The van der Waals surface area contributed by atoms with Crippen LogP contribution in [0.15, 0.2) is 48.5 Å². The van der Waals surface area contributed by atoms with E-state index in [9.17, 15) is 18.0 Å². The van der Waals surface area contributed by atoms with Gasteiger partial charge in [0.05, 0.1) is 16.9 Å². The van der Waals surface area contributed by atoms with Gasteiger partial charge in [-0.1, -0.05) is 49.6 Å². The number of alkyl halides is 3. The molecule has 0 heterocycles. The number of amides is 1. The third-order valence-electron chi connectivity index (χ3n) is 5.23. The molecule has 0 spiro atoms. The highest BCUT2D eigenvalue weighted by Gasteiger charge is 2.32. The van der Waals surface area contributed by atoms with Crippen molar-refractivity contribution in [1.82, 2.24) is 0 Å². The molecular formula is C22H25F3N2O. The molecule has 3 nitrogen and oxygen atoms in total. The molecule has 1 N–H and O–H groups in total. The van der Waals surface area contributed by atoms with E-state index in [2.05, 4.69) is 5.32 Å². The van der Waals surface area contributed by atoms with Gasteiger partial charge in [0.1, 0.15) is 0 Å². The fourth-order valence-electron chi connectivity index (χ4n) is 3.69. The number of rotatable bonds is 5. The molecule has 0 radical (unpaired) electrons. The van der Waals surface area contributed by atoms with E-state index in [-0.39, 0.29) is 17.5 Å². The van der Waals surface area contributed by atoms with Gasteiger partial charge in [0.15, 0.2) is 0 Å². The van der Waals surface area contributed by atoms with E-state index < -0.39 is 11.7 Å². The number of carbonyl (C=O) groups is 1. The molecular weight excluding hydrogens is 365 g/mol. The van der Waals surface area contributed by atoms with Gasteiger partial charge in [-0.05, 0) is 36.6 Å². The summed E-state index contributed by atoms with van der Waals surface area (Å²) in [5.74, 6) is -0.316. The Kier molecular flexibility index (Phi) is 6.27. The average Bonchev–Trinajstić information content (AvgIpc) is 2.68. The summed E-state index contributed by atoms with van der Waals surface area (Å²) in [6.07, 6.45) is 0.210. The van der Waals surface area contributed by atoms with Crippen molar-refractivity contribution in [3.63, 3.8) is 0 Å². The second-order valence-corrected chi connectivity index (χ2v) is 7.40. The molecule has 0 unspecified atom stereocenters. The Balaban J connectivity index is 1.86. The molecule has 2 aromatic carbocycles. The van der Waals surface area contributed by atoms with Crippen molar-refractivity contribution in [2.45, 2.75) is 44.8 Å². The van der Waals surface area contributed by atoms with Crippen molar-refractivity contribution >= 4 is 17.3 Å². The zero-order valence-corrected chi connectivity index (χ0v) is 15.9. The van der Waals surface area contributed by atoms with E-state index in [1.54, 1.807) is 0 Å². The summed E-state index contributed by atoms with van der Waals surface area (Å²) in [5.41, 5.74) is 1.06. The zero-order valence-electron chi connectivity index (χ0n) is 15.9. The Labute approximate surface area is 163 Å². The standard InChI is InChI=1S/C22H25F3N2O/c1-27(15-16-8-4-2-5-9-16)20-13-12-18(22(23,24)25)14-19(20)26-21(28)17-10-6-3-7-11-17/h2,4-5,8-9,12-14,17H,3,6-7,10-11,15H2,1H3,(H,26,28). The first-order valence-corrected chi connectivity index (χ1v) is 9.62. The number of benzene rings is 2. The zero-order chi connectivity index (χ0) is 20.1. The van der Waals surface area contributed by atoms with E-state index in [1.165, 1.54) is 6.07 Å². The number of nitrogens with zero attached hydrogens (tertiary/aromatic N) is 1.